The number of nitrogens with one attached hydrogen (secondary N) is 2. The van der Waals surface area contributed by atoms with E-state index in [-0.39, 0.29) is 35.5 Å². The standard InChI is InChI=1S/C32H47N5O4/c1-22(2)37-31(40)35(20-23-13-16-41-17-14-23)21-32(37)18-25-8-9-26(19-32)36(25)15-12-27(24-6-4-3-5-7-24)34-30(39)28-10-11-29(38)33-28/h3-7,22-23,25-28H,8-21H2,1-2H3,(H,33,38)(H,34,39)/t25?,26?,27-,28?,32?/m0/s1. The predicted octanol–water partition coefficient (Wildman–Crippen LogP) is 3.45. The first-order valence-corrected chi connectivity index (χ1v) is 15.9. The highest BCUT2D eigenvalue weighted by Gasteiger charge is 2.57. The lowest BCUT2D eigenvalue weighted by atomic mass is 9.81. The largest absolute Gasteiger partial charge is 0.381 e. The number of urea groups is 1. The zero-order valence-electron chi connectivity index (χ0n) is 24.7. The van der Waals surface area contributed by atoms with Crippen LogP contribution in [-0.2, 0) is 14.3 Å². The van der Waals surface area contributed by atoms with Crippen LogP contribution in [0.2, 0.25) is 0 Å². The van der Waals surface area contributed by atoms with Crippen molar-refractivity contribution in [1.29, 1.82) is 0 Å². The molecule has 0 aliphatic carbocycles. The van der Waals surface area contributed by atoms with Crippen molar-refractivity contribution in [3.63, 3.8) is 0 Å². The predicted molar refractivity (Wildman–Crippen MR) is 156 cm³/mol. The molecule has 4 atom stereocenters. The van der Waals surface area contributed by atoms with Crippen molar-refractivity contribution in [2.24, 2.45) is 5.92 Å². The fourth-order valence-corrected chi connectivity index (χ4v) is 8.48. The Hall–Kier alpha value is -2.65. The van der Waals surface area contributed by atoms with Gasteiger partial charge >= 0.3 is 6.03 Å². The van der Waals surface area contributed by atoms with Gasteiger partial charge in [-0.1, -0.05) is 30.3 Å². The molecule has 2 bridgehead atoms. The SMILES string of the molecule is CC(C)N1C(=O)N(CC2CCOCC2)CC12CC1CCC(C2)N1CC[C@H](NC(=O)C1CCC(=O)N1)c1ccccc1. The van der Waals surface area contributed by atoms with Crippen molar-refractivity contribution in [2.75, 3.05) is 32.8 Å². The quantitative estimate of drug-likeness (QED) is 0.479. The Bertz CT molecular complexity index is 1090. The number of hydrogen-bond acceptors (Lipinski definition) is 5. The van der Waals surface area contributed by atoms with Crippen molar-refractivity contribution < 1.29 is 19.1 Å². The lowest BCUT2D eigenvalue weighted by Crippen LogP contribution is -2.60. The van der Waals surface area contributed by atoms with E-state index in [0.29, 0.717) is 30.8 Å². The topological polar surface area (TPSA) is 94.2 Å². The summed E-state index contributed by atoms with van der Waals surface area (Å²) in [5.74, 6) is 0.399. The van der Waals surface area contributed by atoms with Crippen LogP contribution in [-0.4, -0.2) is 95.1 Å². The molecule has 1 aromatic rings. The summed E-state index contributed by atoms with van der Waals surface area (Å²) in [5.41, 5.74) is 1.01. The van der Waals surface area contributed by atoms with E-state index in [2.05, 4.69) is 51.3 Å². The fourth-order valence-electron chi connectivity index (χ4n) is 8.48. The minimum absolute atomic E-state index is 0.0487. The molecule has 1 aromatic carbocycles. The molecule has 9 nitrogen and oxygen atoms in total. The molecule has 5 heterocycles. The molecule has 0 saturated carbocycles. The molecule has 5 saturated heterocycles. The molecule has 9 heteroatoms. The van der Waals surface area contributed by atoms with Crippen molar-refractivity contribution in [1.82, 2.24) is 25.3 Å². The minimum atomic E-state index is -0.439. The number of fused-ring (bicyclic) bond motifs is 2. The average Bonchev–Trinajstić information content (AvgIpc) is 3.59. The van der Waals surface area contributed by atoms with Crippen LogP contribution in [0.25, 0.3) is 0 Å². The van der Waals surface area contributed by atoms with Gasteiger partial charge in [-0.2, -0.15) is 0 Å². The van der Waals surface area contributed by atoms with Crippen LogP contribution in [0.3, 0.4) is 0 Å². The Kier molecular flexibility index (Phi) is 8.28. The third-order valence-electron chi connectivity index (χ3n) is 10.3. The molecule has 41 heavy (non-hydrogen) atoms. The number of amides is 4. The zero-order chi connectivity index (χ0) is 28.6. The number of ether oxygens (including phenoxy) is 1. The summed E-state index contributed by atoms with van der Waals surface area (Å²) in [6.45, 7) is 8.57. The van der Waals surface area contributed by atoms with Crippen LogP contribution in [0.1, 0.15) is 83.2 Å². The van der Waals surface area contributed by atoms with Crippen LogP contribution in [0.5, 0.6) is 0 Å². The van der Waals surface area contributed by atoms with Crippen LogP contribution in [0.15, 0.2) is 30.3 Å². The molecule has 5 fully saturated rings. The molecule has 4 amide bonds. The van der Waals surface area contributed by atoms with Crippen LogP contribution < -0.4 is 10.6 Å². The second-order valence-corrected chi connectivity index (χ2v) is 13.4. The van der Waals surface area contributed by atoms with Crippen molar-refractivity contribution in [3.8, 4) is 0 Å². The van der Waals surface area contributed by atoms with Crippen molar-refractivity contribution >= 4 is 17.8 Å². The van der Waals surface area contributed by atoms with Crippen molar-refractivity contribution in [3.05, 3.63) is 35.9 Å². The molecule has 0 radical (unpaired) electrons. The molecule has 3 unspecified atom stereocenters. The second-order valence-electron chi connectivity index (χ2n) is 13.4. The third-order valence-corrected chi connectivity index (χ3v) is 10.3. The van der Waals surface area contributed by atoms with Gasteiger partial charge in [0.05, 0.1) is 11.6 Å². The number of carbonyl (C=O) groups excluding carboxylic acids is 3. The van der Waals surface area contributed by atoms with Gasteiger partial charge in [0.25, 0.3) is 0 Å². The highest BCUT2D eigenvalue weighted by molar-refractivity contribution is 5.91. The molecular formula is C32H47N5O4. The summed E-state index contributed by atoms with van der Waals surface area (Å²) in [4.78, 5) is 45.6. The molecule has 2 N–H and O–H groups in total. The number of piperidine rings is 1. The molecular weight excluding hydrogens is 518 g/mol. The maximum absolute atomic E-state index is 13.8. The number of carbonyl (C=O) groups is 3. The zero-order valence-corrected chi connectivity index (χ0v) is 24.7. The third kappa shape index (κ3) is 5.85. The normalized spacial score (nSPS) is 31.3. The first kappa shape index (κ1) is 28.5. The smallest absolute Gasteiger partial charge is 0.320 e. The van der Waals surface area contributed by atoms with Gasteiger partial charge in [-0.05, 0) is 76.7 Å². The van der Waals surface area contributed by atoms with E-state index in [1.807, 2.05) is 18.2 Å². The summed E-state index contributed by atoms with van der Waals surface area (Å²) >= 11 is 0. The minimum Gasteiger partial charge on any atom is -0.381 e. The number of nitrogens with zero attached hydrogens (tertiary/aromatic N) is 3. The van der Waals surface area contributed by atoms with Gasteiger partial charge < -0.3 is 25.2 Å². The Morgan fingerprint density at radius 2 is 1.76 bits per heavy atom. The van der Waals surface area contributed by atoms with Crippen LogP contribution >= 0.6 is 0 Å². The maximum atomic E-state index is 13.8. The van der Waals surface area contributed by atoms with E-state index in [1.165, 1.54) is 12.8 Å². The van der Waals surface area contributed by atoms with Gasteiger partial charge in [-0.15, -0.1) is 0 Å². The lowest BCUT2D eigenvalue weighted by molar-refractivity contribution is -0.126. The van der Waals surface area contributed by atoms with E-state index in [0.717, 1.165) is 70.5 Å². The Morgan fingerprint density at radius 3 is 2.39 bits per heavy atom. The van der Waals surface area contributed by atoms with Crippen LogP contribution in [0.4, 0.5) is 4.79 Å². The molecule has 1 spiro atoms. The highest BCUT2D eigenvalue weighted by atomic mass is 16.5. The van der Waals surface area contributed by atoms with Crippen LogP contribution in [0, 0.1) is 5.92 Å². The number of hydrogen-bond donors (Lipinski definition) is 2. The molecule has 0 aromatic heterocycles. The van der Waals surface area contributed by atoms with Crippen molar-refractivity contribution in [2.45, 2.75) is 107 Å². The van der Waals surface area contributed by atoms with E-state index < -0.39 is 6.04 Å². The summed E-state index contributed by atoms with van der Waals surface area (Å²) in [5, 5.41) is 6.07. The fraction of sp³-hybridized carbons (Fsp3) is 0.719. The lowest BCUT2D eigenvalue weighted by Gasteiger charge is -2.49. The van der Waals surface area contributed by atoms with E-state index >= 15 is 0 Å². The second kappa shape index (κ2) is 11.9. The van der Waals surface area contributed by atoms with Gasteiger partial charge in [0, 0.05) is 57.4 Å². The highest BCUT2D eigenvalue weighted by Crippen LogP contribution is 2.48. The Balaban J connectivity index is 1.13. The van der Waals surface area contributed by atoms with Gasteiger partial charge in [0.1, 0.15) is 6.04 Å². The van der Waals surface area contributed by atoms with Gasteiger partial charge in [0.2, 0.25) is 11.8 Å². The van der Waals surface area contributed by atoms with Gasteiger partial charge in [-0.3, -0.25) is 14.5 Å². The van der Waals surface area contributed by atoms with E-state index in [9.17, 15) is 14.4 Å². The number of rotatable bonds is 9. The molecule has 5 aliphatic heterocycles. The average molecular weight is 566 g/mol. The summed E-state index contributed by atoms with van der Waals surface area (Å²) in [6.07, 6.45) is 8.26. The van der Waals surface area contributed by atoms with Gasteiger partial charge in [-0.25, -0.2) is 4.79 Å². The summed E-state index contributed by atoms with van der Waals surface area (Å²) < 4.78 is 5.57. The Labute approximate surface area is 244 Å². The monoisotopic (exact) mass is 565 g/mol. The van der Waals surface area contributed by atoms with E-state index in [4.69, 9.17) is 4.74 Å². The Morgan fingerprint density at radius 1 is 1.05 bits per heavy atom. The molecule has 5 aliphatic rings. The van der Waals surface area contributed by atoms with Gasteiger partial charge in [0.15, 0.2) is 0 Å². The first-order valence-electron chi connectivity index (χ1n) is 15.9. The number of benzene rings is 1. The molecule has 6 rings (SSSR count). The summed E-state index contributed by atoms with van der Waals surface area (Å²) in [6, 6.07) is 11.0. The molecule has 224 valence electrons. The first-order chi connectivity index (χ1) is 19.8. The summed E-state index contributed by atoms with van der Waals surface area (Å²) in [7, 11) is 0. The van der Waals surface area contributed by atoms with E-state index in [1.54, 1.807) is 0 Å². The maximum Gasteiger partial charge on any atom is 0.320 e.